The number of piperidine rings is 1. The number of carbonyl (C=O) groups is 5. The van der Waals surface area contributed by atoms with Crippen LogP contribution in [0.4, 0.5) is 0 Å². The lowest BCUT2D eigenvalue weighted by molar-refractivity contribution is -0.208. The van der Waals surface area contributed by atoms with Crippen molar-refractivity contribution in [2.24, 2.45) is 0 Å². The van der Waals surface area contributed by atoms with Gasteiger partial charge >= 0.3 is 5.97 Å². The highest BCUT2D eigenvalue weighted by Gasteiger charge is 2.51. The van der Waals surface area contributed by atoms with Crippen molar-refractivity contribution in [1.82, 2.24) is 15.3 Å². The summed E-state index contributed by atoms with van der Waals surface area (Å²) < 4.78 is 15.8. The molecule has 0 aromatic carbocycles. The molecular formula is C19H25N3O9. The number of fused-ring (bicyclic) bond motifs is 1. The molecule has 0 aliphatic carbocycles. The van der Waals surface area contributed by atoms with Crippen LogP contribution in [0.1, 0.15) is 25.7 Å². The zero-order chi connectivity index (χ0) is 22.2. The van der Waals surface area contributed by atoms with Crippen molar-refractivity contribution in [2.45, 2.75) is 38.0 Å². The summed E-state index contributed by atoms with van der Waals surface area (Å²) in [6.07, 6.45) is 2.85. The molecule has 12 heteroatoms. The normalized spacial score (nSPS) is 22.0. The molecule has 0 spiro atoms. The first-order valence-electron chi connectivity index (χ1n) is 10.1. The summed E-state index contributed by atoms with van der Waals surface area (Å²) in [6.45, 7) is 1.23. The third kappa shape index (κ3) is 6.84. The van der Waals surface area contributed by atoms with Gasteiger partial charge in [-0.2, -0.15) is 0 Å². The maximum absolute atomic E-state index is 11.8. The van der Waals surface area contributed by atoms with E-state index in [4.69, 9.17) is 19.0 Å². The lowest BCUT2D eigenvalue weighted by Crippen LogP contribution is -2.40. The van der Waals surface area contributed by atoms with Crippen LogP contribution in [-0.2, 0) is 43.0 Å². The molecule has 4 amide bonds. The molecule has 2 atom stereocenters. The largest absolute Gasteiger partial charge is 0.378 e. The molecule has 2 unspecified atom stereocenters. The lowest BCUT2D eigenvalue weighted by atomic mass is 10.1. The maximum Gasteiger partial charge on any atom is 0.334 e. The Balaban J connectivity index is 1.12. The lowest BCUT2D eigenvalue weighted by Gasteiger charge is -2.21. The van der Waals surface area contributed by atoms with Crippen molar-refractivity contribution in [3.05, 3.63) is 12.2 Å². The number of rotatable bonds is 13. The first-order valence-corrected chi connectivity index (χ1v) is 10.1. The van der Waals surface area contributed by atoms with Crippen LogP contribution in [0.15, 0.2) is 12.2 Å². The highest BCUT2D eigenvalue weighted by atomic mass is 16.8. The van der Waals surface area contributed by atoms with Crippen molar-refractivity contribution in [1.29, 1.82) is 0 Å². The number of imide groups is 1. The predicted molar refractivity (Wildman–Crippen MR) is 101 cm³/mol. The third-order valence-electron chi connectivity index (χ3n) is 4.73. The molecule has 2 saturated heterocycles. The second-order valence-corrected chi connectivity index (χ2v) is 7.02. The van der Waals surface area contributed by atoms with Crippen LogP contribution in [0.25, 0.3) is 0 Å². The van der Waals surface area contributed by atoms with Gasteiger partial charge in [-0.15, -0.1) is 5.06 Å². The molecule has 3 aliphatic heterocycles. The maximum atomic E-state index is 11.8. The van der Waals surface area contributed by atoms with E-state index in [1.807, 2.05) is 0 Å². The molecule has 3 heterocycles. The van der Waals surface area contributed by atoms with Gasteiger partial charge in [-0.05, 0) is 6.42 Å². The van der Waals surface area contributed by atoms with E-state index in [9.17, 15) is 24.0 Å². The Labute approximate surface area is 178 Å². The summed E-state index contributed by atoms with van der Waals surface area (Å²) in [6, 6.07) is 0. The highest BCUT2D eigenvalue weighted by molar-refractivity contribution is 6.13. The van der Waals surface area contributed by atoms with E-state index in [0.29, 0.717) is 12.8 Å². The first-order chi connectivity index (χ1) is 15.0. The fourth-order valence-electron chi connectivity index (χ4n) is 3.02. The number of carbonyl (C=O) groups excluding carboxylic acids is 5. The second kappa shape index (κ2) is 11.0. The highest BCUT2D eigenvalue weighted by Crippen LogP contribution is 2.35. The molecule has 1 N–H and O–H groups in total. The van der Waals surface area contributed by atoms with Gasteiger partial charge in [-0.3, -0.25) is 24.1 Å². The van der Waals surface area contributed by atoms with Gasteiger partial charge in [-0.25, -0.2) is 4.79 Å². The molecule has 0 radical (unpaired) electrons. The molecule has 12 nitrogen and oxygen atoms in total. The average molecular weight is 439 g/mol. The number of hydrogen-bond donors (Lipinski definition) is 1. The number of epoxide rings is 1. The van der Waals surface area contributed by atoms with Gasteiger partial charge in [0.2, 0.25) is 5.91 Å². The van der Waals surface area contributed by atoms with Crippen molar-refractivity contribution in [3.63, 3.8) is 0 Å². The Morgan fingerprint density at radius 2 is 1.74 bits per heavy atom. The average Bonchev–Trinajstić information content (AvgIpc) is 3.46. The van der Waals surface area contributed by atoms with E-state index in [0.717, 1.165) is 9.96 Å². The van der Waals surface area contributed by atoms with E-state index in [1.54, 1.807) is 0 Å². The Bertz CT molecular complexity index is 736. The van der Waals surface area contributed by atoms with Gasteiger partial charge in [0, 0.05) is 38.1 Å². The number of ether oxygens (including phenoxy) is 3. The number of hydroxylamine groups is 2. The molecule has 0 bridgehead atoms. The minimum Gasteiger partial charge on any atom is -0.378 e. The summed E-state index contributed by atoms with van der Waals surface area (Å²) in [5, 5.41) is 3.63. The third-order valence-corrected chi connectivity index (χ3v) is 4.73. The Kier molecular flexibility index (Phi) is 8.09. The van der Waals surface area contributed by atoms with Crippen LogP contribution in [-0.4, -0.2) is 91.4 Å². The SMILES string of the molecule is O=C(CCN1C(=O)C=CC1=O)NCCOCCOCCC(=O)ON1C(=O)CCC2OC21. The number of amides is 4. The van der Waals surface area contributed by atoms with Gasteiger partial charge in [0.25, 0.3) is 17.7 Å². The number of hydrogen-bond acceptors (Lipinski definition) is 9. The molecular weight excluding hydrogens is 414 g/mol. The van der Waals surface area contributed by atoms with E-state index < -0.39 is 24.0 Å². The molecule has 3 aliphatic rings. The first kappa shape index (κ1) is 22.8. The van der Waals surface area contributed by atoms with Crippen LogP contribution in [0, 0.1) is 0 Å². The van der Waals surface area contributed by atoms with Gasteiger partial charge < -0.3 is 24.4 Å². The molecule has 2 fully saturated rings. The van der Waals surface area contributed by atoms with Gasteiger partial charge in [-0.1, -0.05) is 0 Å². The Morgan fingerprint density at radius 3 is 2.48 bits per heavy atom. The van der Waals surface area contributed by atoms with Crippen LogP contribution < -0.4 is 5.32 Å². The molecule has 0 aromatic heterocycles. The zero-order valence-electron chi connectivity index (χ0n) is 16.9. The smallest absolute Gasteiger partial charge is 0.334 e. The van der Waals surface area contributed by atoms with Crippen LogP contribution in [0.5, 0.6) is 0 Å². The standard InChI is InChI=1S/C19H25N3O9/c23-14(5-8-21-15(24)3-4-16(21)25)20-7-10-29-12-11-28-9-6-18(27)31-22-17(26)2-1-13-19(22)30-13/h3-4,13,19H,1-2,5-12H2,(H,20,23). The van der Waals surface area contributed by atoms with E-state index in [2.05, 4.69) is 5.32 Å². The van der Waals surface area contributed by atoms with Crippen molar-refractivity contribution in [2.75, 3.05) is 39.5 Å². The molecule has 170 valence electrons. The molecule has 0 saturated carbocycles. The second-order valence-electron chi connectivity index (χ2n) is 7.02. The monoisotopic (exact) mass is 439 g/mol. The van der Waals surface area contributed by atoms with Crippen LogP contribution in [0.3, 0.4) is 0 Å². The fraction of sp³-hybridized carbons (Fsp3) is 0.632. The summed E-state index contributed by atoms with van der Waals surface area (Å²) in [5.41, 5.74) is 0. The quantitative estimate of drug-likeness (QED) is 0.209. The van der Waals surface area contributed by atoms with Crippen molar-refractivity contribution >= 4 is 29.6 Å². The van der Waals surface area contributed by atoms with Gasteiger partial charge in [0.1, 0.15) is 6.10 Å². The fourth-order valence-corrected chi connectivity index (χ4v) is 3.02. The number of nitrogens with one attached hydrogen (secondary N) is 1. The van der Waals surface area contributed by atoms with Crippen LogP contribution in [0.2, 0.25) is 0 Å². The Hall–Kier alpha value is -2.83. The van der Waals surface area contributed by atoms with Crippen LogP contribution >= 0.6 is 0 Å². The summed E-state index contributed by atoms with van der Waals surface area (Å²) >= 11 is 0. The summed E-state index contributed by atoms with van der Waals surface area (Å²) in [4.78, 5) is 63.9. The predicted octanol–water partition coefficient (Wildman–Crippen LogP) is -1.35. The summed E-state index contributed by atoms with van der Waals surface area (Å²) in [7, 11) is 0. The molecule has 0 aromatic rings. The molecule has 3 rings (SSSR count). The molecule has 31 heavy (non-hydrogen) atoms. The summed E-state index contributed by atoms with van der Waals surface area (Å²) in [5.74, 6) is -1.95. The minimum atomic E-state index is -0.568. The zero-order valence-corrected chi connectivity index (χ0v) is 16.9. The number of nitrogens with zero attached hydrogens (tertiary/aromatic N) is 2. The Morgan fingerprint density at radius 1 is 1.03 bits per heavy atom. The minimum absolute atomic E-state index is 0.00519. The van der Waals surface area contributed by atoms with Crippen molar-refractivity contribution < 1.29 is 43.0 Å². The van der Waals surface area contributed by atoms with Gasteiger partial charge in [0.15, 0.2) is 6.23 Å². The van der Waals surface area contributed by atoms with Gasteiger partial charge in [0.05, 0.1) is 32.8 Å². The topological polar surface area (TPSA) is 144 Å². The van der Waals surface area contributed by atoms with E-state index in [1.165, 1.54) is 12.2 Å². The van der Waals surface area contributed by atoms with Crippen molar-refractivity contribution in [3.8, 4) is 0 Å². The van der Waals surface area contributed by atoms with E-state index in [-0.39, 0.29) is 70.3 Å². The van der Waals surface area contributed by atoms with E-state index >= 15 is 0 Å².